The fourth-order valence-electron chi connectivity index (χ4n) is 2.26. The van der Waals surface area contributed by atoms with Gasteiger partial charge in [0.15, 0.2) is 0 Å². The summed E-state index contributed by atoms with van der Waals surface area (Å²) in [5.74, 6) is -1.34. The molecule has 0 saturated carbocycles. The summed E-state index contributed by atoms with van der Waals surface area (Å²) in [6, 6.07) is 12.3. The van der Waals surface area contributed by atoms with E-state index in [0.29, 0.717) is 10.4 Å². The predicted molar refractivity (Wildman–Crippen MR) is 86.9 cm³/mol. The van der Waals surface area contributed by atoms with E-state index in [1.807, 2.05) is 36.4 Å². The van der Waals surface area contributed by atoms with Crippen LogP contribution in [-0.4, -0.2) is 19.0 Å². The van der Waals surface area contributed by atoms with Gasteiger partial charge in [-0.15, -0.1) is 11.3 Å². The molecule has 23 heavy (non-hydrogen) atoms. The molecule has 2 rings (SSSR count). The van der Waals surface area contributed by atoms with E-state index in [0.717, 1.165) is 5.56 Å². The summed E-state index contributed by atoms with van der Waals surface area (Å²) < 4.78 is 4.79. The van der Waals surface area contributed by atoms with E-state index in [1.54, 1.807) is 18.4 Å². The van der Waals surface area contributed by atoms with E-state index in [2.05, 4.69) is 5.32 Å². The molecule has 0 unspecified atom stereocenters. The fourth-order valence-corrected chi connectivity index (χ4v) is 3.01. The number of hydrogen-bond donors (Lipinski definition) is 1. The van der Waals surface area contributed by atoms with Crippen molar-refractivity contribution < 1.29 is 14.3 Å². The zero-order valence-electron chi connectivity index (χ0n) is 12.8. The molecule has 118 valence electrons. The molecule has 2 atom stereocenters. The Kier molecular flexibility index (Phi) is 5.50. The number of rotatable bonds is 5. The lowest BCUT2D eigenvalue weighted by molar-refractivity contribution is -0.145. The number of hydrogen-bond acceptors (Lipinski definition) is 5. The molecule has 0 aliphatic heterocycles. The minimum atomic E-state index is -0.558. The van der Waals surface area contributed by atoms with Crippen LogP contribution < -0.4 is 5.32 Å². The molecule has 6 heteroatoms. The summed E-state index contributed by atoms with van der Waals surface area (Å²) in [7, 11) is 1.32. The monoisotopic (exact) mass is 328 g/mol. The Balaban J connectivity index is 2.30. The van der Waals surface area contributed by atoms with Crippen molar-refractivity contribution in [2.75, 3.05) is 7.11 Å². The molecule has 0 bridgehead atoms. The number of ether oxygens (including phenoxy) is 1. The fraction of sp³-hybridized carbons (Fsp3) is 0.235. The van der Waals surface area contributed by atoms with Gasteiger partial charge in [-0.2, -0.15) is 5.26 Å². The molecule has 1 amide bonds. The highest BCUT2D eigenvalue weighted by Gasteiger charge is 2.29. The molecular weight excluding hydrogens is 312 g/mol. The molecule has 0 radical (unpaired) electrons. The molecule has 1 heterocycles. The van der Waals surface area contributed by atoms with Gasteiger partial charge in [-0.05, 0) is 23.9 Å². The standard InChI is InChI=1S/C17H16N2O3S/c1-11(17(21)22-2)14(12-6-4-3-5-7-12)19-16(20)15-13(10-18)8-9-23-15/h3-9,11,14H,1-2H3,(H,19,20)/t11-,14+/m0/s1. The number of nitrogens with one attached hydrogen (secondary N) is 1. The van der Waals surface area contributed by atoms with Gasteiger partial charge in [0.2, 0.25) is 0 Å². The van der Waals surface area contributed by atoms with Crippen LogP contribution in [0.25, 0.3) is 0 Å². The summed E-state index contributed by atoms with van der Waals surface area (Å²) >= 11 is 1.19. The predicted octanol–water partition coefficient (Wildman–Crippen LogP) is 2.90. The van der Waals surface area contributed by atoms with Crippen LogP contribution in [-0.2, 0) is 9.53 Å². The van der Waals surface area contributed by atoms with Gasteiger partial charge in [0.1, 0.15) is 10.9 Å². The van der Waals surface area contributed by atoms with E-state index in [9.17, 15) is 9.59 Å². The van der Waals surface area contributed by atoms with Gasteiger partial charge in [-0.1, -0.05) is 30.3 Å². The average Bonchev–Trinajstić information content (AvgIpc) is 3.07. The number of carbonyl (C=O) groups excluding carboxylic acids is 2. The second-order valence-electron chi connectivity index (χ2n) is 4.95. The molecule has 1 aromatic heterocycles. The van der Waals surface area contributed by atoms with E-state index >= 15 is 0 Å². The van der Waals surface area contributed by atoms with Gasteiger partial charge in [-0.3, -0.25) is 9.59 Å². The SMILES string of the molecule is COC(=O)[C@@H](C)[C@@H](NC(=O)c1sccc1C#N)c1ccccc1. The molecule has 1 aromatic carbocycles. The highest BCUT2D eigenvalue weighted by Crippen LogP contribution is 2.25. The van der Waals surface area contributed by atoms with E-state index in [4.69, 9.17) is 10.00 Å². The smallest absolute Gasteiger partial charge is 0.310 e. The maximum Gasteiger partial charge on any atom is 0.310 e. The van der Waals surface area contributed by atoms with Gasteiger partial charge in [0, 0.05) is 0 Å². The van der Waals surface area contributed by atoms with Crippen LogP contribution in [0, 0.1) is 17.2 Å². The maximum absolute atomic E-state index is 12.5. The first-order chi connectivity index (χ1) is 11.1. The second-order valence-corrected chi connectivity index (χ2v) is 5.86. The van der Waals surface area contributed by atoms with Crippen molar-refractivity contribution in [2.24, 2.45) is 5.92 Å². The Morgan fingerprint density at radius 2 is 1.96 bits per heavy atom. The highest BCUT2D eigenvalue weighted by atomic mass is 32.1. The summed E-state index contributed by atoms with van der Waals surface area (Å²) in [6.45, 7) is 1.70. The van der Waals surface area contributed by atoms with Crippen LogP contribution in [0.5, 0.6) is 0 Å². The largest absolute Gasteiger partial charge is 0.469 e. The second kappa shape index (κ2) is 7.56. The van der Waals surface area contributed by atoms with Gasteiger partial charge in [-0.25, -0.2) is 0 Å². The number of nitrogens with zero attached hydrogens (tertiary/aromatic N) is 1. The Morgan fingerprint density at radius 1 is 1.26 bits per heavy atom. The third kappa shape index (κ3) is 3.76. The lowest BCUT2D eigenvalue weighted by Crippen LogP contribution is -2.36. The van der Waals surface area contributed by atoms with Crippen LogP contribution in [0.3, 0.4) is 0 Å². The zero-order valence-corrected chi connectivity index (χ0v) is 13.6. The maximum atomic E-state index is 12.5. The molecule has 2 aromatic rings. The Bertz CT molecular complexity index is 734. The van der Waals surface area contributed by atoms with Crippen LogP contribution in [0.4, 0.5) is 0 Å². The highest BCUT2D eigenvalue weighted by molar-refractivity contribution is 7.12. The van der Waals surface area contributed by atoms with Crippen LogP contribution >= 0.6 is 11.3 Å². The summed E-state index contributed by atoms with van der Waals surface area (Å²) in [5.41, 5.74) is 1.12. The Hall–Kier alpha value is -2.65. The average molecular weight is 328 g/mol. The minimum absolute atomic E-state index is 0.324. The lowest BCUT2D eigenvalue weighted by atomic mass is 9.94. The normalized spacial score (nSPS) is 12.7. The van der Waals surface area contributed by atoms with Crippen molar-refractivity contribution in [3.8, 4) is 6.07 Å². The number of methoxy groups -OCH3 is 1. The van der Waals surface area contributed by atoms with E-state index < -0.39 is 17.9 Å². The van der Waals surface area contributed by atoms with Crippen LogP contribution in [0.1, 0.15) is 33.8 Å². The zero-order chi connectivity index (χ0) is 16.8. The molecule has 1 N–H and O–H groups in total. The first-order valence-electron chi connectivity index (χ1n) is 6.99. The number of carbonyl (C=O) groups is 2. The van der Waals surface area contributed by atoms with Gasteiger partial charge < -0.3 is 10.1 Å². The number of amides is 1. The summed E-state index contributed by atoms with van der Waals surface area (Å²) in [5, 5.41) is 13.6. The topological polar surface area (TPSA) is 79.2 Å². The molecule has 0 aliphatic carbocycles. The van der Waals surface area contributed by atoms with Crippen molar-refractivity contribution in [2.45, 2.75) is 13.0 Å². The minimum Gasteiger partial charge on any atom is -0.469 e. The van der Waals surface area contributed by atoms with Crippen molar-refractivity contribution in [1.29, 1.82) is 5.26 Å². The van der Waals surface area contributed by atoms with Crippen LogP contribution in [0.2, 0.25) is 0 Å². The Labute approximate surface area is 138 Å². The quantitative estimate of drug-likeness (QED) is 0.856. The molecule has 0 spiro atoms. The van der Waals surface area contributed by atoms with Crippen molar-refractivity contribution in [1.82, 2.24) is 5.32 Å². The van der Waals surface area contributed by atoms with E-state index in [-0.39, 0.29) is 5.91 Å². The number of benzene rings is 1. The van der Waals surface area contributed by atoms with Crippen molar-refractivity contribution in [3.63, 3.8) is 0 Å². The van der Waals surface area contributed by atoms with E-state index in [1.165, 1.54) is 18.4 Å². The van der Waals surface area contributed by atoms with Crippen molar-refractivity contribution in [3.05, 3.63) is 57.8 Å². The molecule has 5 nitrogen and oxygen atoms in total. The first kappa shape index (κ1) is 16.7. The van der Waals surface area contributed by atoms with Gasteiger partial charge >= 0.3 is 5.97 Å². The van der Waals surface area contributed by atoms with Crippen molar-refractivity contribution >= 4 is 23.2 Å². The number of esters is 1. The number of nitriles is 1. The molecule has 0 saturated heterocycles. The molecule has 0 fully saturated rings. The first-order valence-corrected chi connectivity index (χ1v) is 7.87. The number of thiophene rings is 1. The van der Waals surface area contributed by atoms with Gasteiger partial charge in [0.25, 0.3) is 5.91 Å². The summed E-state index contributed by atoms with van der Waals surface area (Å²) in [4.78, 5) is 24.7. The van der Waals surface area contributed by atoms with Gasteiger partial charge in [0.05, 0.1) is 24.6 Å². The molecular formula is C17H16N2O3S. The van der Waals surface area contributed by atoms with Crippen LogP contribution in [0.15, 0.2) is 41.8 Å². The third-order valence-electron chi connectivity index (χ3n) is 3.51. The summed E-state index contributed by atoms with van der Waals surface area (Å²) in [6.07, 6.45) is 0. The molecule has 0 aliphatic rings. The Morgan fingerprint density at radius 3 is 2.57 bits per heavy atom. The lowest BCUT2D eigenvalue weighted by Gasteiger charge is -2.23. The third-order valence-corrected chi connectivity index (χ3v) is 4.42.